The largest absolute Gasteiger partial charge is 0.478 e. The molecule has 0 unspecified atom stereocenters. The Morgan fingerprint density at radius 1 is 1.24 bits per heavy atom. The van der Waals surface area contributed by atoms with Crippen molar-refractivity contribution in [1.29, 1.82) is 0 Å². The van der Waals surface area contributed by atoms with Crippen molar-refractivity contribution in [2.75, 3.05) is 20.7 Å². The highest BCUT2D eigenvalue weighted by Crippen LogP contribution is 2.25. The monoisotopic (exact) mass is 351 g/mol. The zero-order chi connectivity index (χ0) is 18.6. The van der Waals surface area contributed by atoms with Gasteiger partial charge in [-0.1, -0.05) is 12.1 Å². The Bertz CT molecular complexity index is 658. The van der Waals surface area contributed by atoms with E-state index in [1.54, 1.807) is 27.1 Å². The molecule has 1 N–H and O–H groups in total. The molecule has 0 spiro atoms. The van der Waals surface area contributed by atoms with Gasteiger partial charge in [0, 0.05) is 20.5 Å². The molecule has 0 bridgehead atoms. The summed E-state index contributed by atoms with van der Waals surface area (Å²) in [6, 6.07) is 5.86. The van der Waals surface area contributed by atoms with Gasteiger partial charge < -0.3 is 24.2 Å². The number of hydrogen-bond acceptors (Lipinski definition) is 6. The third-order valence-corrected chi connectivity index (χ3v) is 3.82. The summed E-state index contributed by atoms with van der Waals surface area (Å²) in [5, 5.41) is 9.15. The molecule has 8 nitrogen and oxygen atoms in total. The van der Waals surface area contributed by atoms with Crippen LogP contribution in [0.5, 0.6) is 0 Å². The first-order valence-corrected chi connectivity index (χ1v) is 7.82. The van der Waals surface area contributed by atoms with Crippen molar-refractivity contribution >= 4 is 18.0 Å². The number of benzene rings is 1. The van der Waals surface area contributed by atoms with Crippen molar-refractivity contribution in [3.8, 4) is 0 Å². The van der Waals surface area contributed by atoms with Gasteiger partial charge in [-0.15, -0.1) is 0 Å². The number of rotatable bonds is 5. The molecule has 1 aliphatic rings. The minimum atomic E-state index is -1.20. The quantitative estimate of drug-likeness (QED) is 0.807. The molecule has 1 amide bonds. The molecular formula is C17H21NO7. The van der Waals surface area contributed by atoms with Gasteiger partial charge in [0.25, 0.3) is 0 Å². The number of aromatic carboxylic acids is 1. The summed E-state index contributed by atoms with van der Waals surface area (Å²) < 4.78 is 16.1. The Morgan fingerprint density at radius 3 is 2.48 bits per heavy atom. The second kappa shape index (κ2) is 7.98. The van der Waals surface area contributed by atoms with Crippen LogP contribution in [0.2, 0.25) is 0 Å². The van der Waals surface area contributed by atoms with Crippen LogP contribution in [0.15, 0.2) is 24.3 Å². The molecule has 25 heavy (non-hydrogen) atoms. The lowest BCUT2D eigenvalue weighted by Crippen LogP contribution is -2.27. The Kier molecular flexibility index (Phi) is 5.97. The number of amides is 1. The summed E-state index contributed by atoms with van der Waals surface area (Å²) in [7, 11) is 3.15. The van der Waals surface area contributed by atoms with Crippen molar-refractivity contribution in [2.45, 2.75) is 31.7 Å². The SMILES string of the molecule is C[C@@H]1O[C@H](COC(=O)N(C)C)C[C@H]1OC(=O)c1ccccc1C(=O)O. The molecule has 0 aliphatic carbocycles. The molecule has 1 aromatic carbocycles. The number of carboxylic acids is 1. The summed E-state index contributed by atoms with van der Waals surface area (Å²) in [5.41, 5.74) is -0.125. The lowest BCUT2D eigenvalue weighted by atomic mass is 10.1. The molecule has 3 atom stereocenters. The van der Waals surface area contributed by atoms with E-state index in [0.717, 1.165) is 0 Å². The first-order valence-electron chi connectivity index (χ1n) is 7.82. The molecule has 1 aliphatic heterocycles. The van der Waals surface area contributed by atoms with E-state index in [0.29, 0.717) is 6.42 Å². The second-order valence-electron chi connectivity index (χ2n) is 5.96. The number of nitrogens with zero attached hydrogens (tertiary/aromatic N) is 1. The summed E-state index contributed by atoms with van der Waals surface area (Å²) in [6.07, 6.45) is -1.43. The zero-order valence-electron chi connectivity index (χ0n) is 14.3. The topological polar surface area (TPSA) is 102 Å². The number of carbonyl (C=O) groups excluding carboxylic acids is 2. The zero-order valence-corrected chi connectivity index (χ0v) is 14.3. The normalized spacial score (nSPS) is 22.3. The van der Waals surface area contributed by atoms with E-state index in [1.807, 2.05) is 0 Å². The average Bonchev–Trinajstić information content (AvgIpc) is 2.92. The summed E-state index contributed by atoms with van der Waals surface area (Å²) in [4.78, 5) is 36.2. The molecule has 1 fully saturated rings. The fourth-order valence-electron chi connectivity index (χ4n) is 2.49. The van der Waals surface area contributed by atoms with Crippen molar-refractivity contribution in [1.82, 2.24) is 4.90 Å². The molecule has 1 heterocycles. The van der Waals surface area contributed by atoms with Gasteiger partial charge in [-0.25, -0.2) is 14.4 Å². The number of ether oxygens (including phenoxy) is 3. The highest BCUT2D eigenvalue weighted by Gasteiger charge is 2.36. The maximum absolute atomic E-state index is 12.3. The van der Waals surface area contributed by atoms with Crippen LogP contribution in [0.25, 0.3) is 0 Å². The van der Waals surface area contributed by atoms with Crippen LogP contribution in [0.1, 0.15) is 34.1 Å². The molecule has 2 rings (SSSR count). The van der Waals surface area contributed by atoms with Crippen molar-refractivity contribution in [3.63, 3.8) is 0 Å². The number of hydrogen-bond donors (Lipinski definition) is 1. The predicted octanol–water partition coefficient (Wildman–Crippen LogP) is 1.79. The fraction of sp³-hybridized carbons (Fsp3) is 0.471. The van der Waals surface area contributed by atoms with E-state index in [1.165, 1.54) is 23.1 Å². The molecule has 0 aromatic heterocycles. The van der Waals surface area contributed by atoms with Crippen LogP contribution >= 0.6 is 0 Å². The van der Waals surface area contributed by atoms with Gasteiger partial charge in [-0.2, -0.15) is 0 Å². The molecule has 0 radical (unpaired) electrons. The van der Waals surface area contributed by atoms with E-state index in [9.17, 15) is 14.4 Å². The fourth-order valence-corrected chi connectivity index (χ4v) is 2.49. The molecule has 0 saturated carbocycles. The van der Waals surface area contributed by atoms with Gasteiger partial charge in [0.05, 0.1) is 23.3 Å². The summed E-state index contributed by atoms with van der Waals surface area (Å²) >= 11 is 0. The van der Waals surface area contributed by atoms with Crippen molar-refractivity contribution in [3.05, 3.63) is 35.4 Å². The second-order valence-corrected chi connectivity index (χ2v) is 5.96. The van der Waals surface area contributed by atoms with Gasteiger partial charge in [0.15, 0.2) is 0 Å². The van der Waals surface area contributed by atoms with E-state index >= 15 is 0 Å². The van der Waals surface area contributed by atoms with Gasteiger partial charge in [0.1, 0.15) is 12.7 Å². The van der Waals surface area contributed by atoms with Gasteiger partial charge in [-0.05, 0) is 19.1 Å². The van der Waals surface area contributed by atoms with Gasteiger partial charge in [-0.3, -0.25) is 0 Å². The van der Waals surface area contributed by atoms with Crippen LogP contribution in [-0.2, 0) is 14.2 Å². The van der Waals surface area contributed by atoms with E-state index in [2.05, 4.69) is 0 Å². The molecule has 1 saturated heterocycles. The molecule has 136 valence electrons. The lowest BCUT2D eigenvalue weighted by molar-refractivity contribution is -0.0177. The van der Waals surface area contributed by atoms with Crippen molar-refractivity contribution in [2.24, 2.45) is 0 Å². The van der Waals surface area contributed by atoms with E-state index < -0.39 is 24.1 Å². The Balaban J connectivity index is 1.96. The Labute approximate surface area is 145 Å². The highest BCUT2D eigenvalue weighted by molar-refractivity contribution is 6.02. The van der Waals surface area contributed by atoms with E-state index in [-0.39, 0.29) is 29.9 Å². The molecule has 8 heteroatoms. The summed E-state index contributed by atoms with van der Waals surface area (Å²) in [5.74, 6) is -1.92. The van der Waals surface area contributed by atoms with Gasteiger partial charge in [0.2, 0.25) is 0 Å². The average molecular weight is 351 g/mol. The minimum absolute atomic E-state index is 0.00955. The standard InChI is InChI=1S/C17H21NO7/c1-10-14(8-11(24-10)9-23-17(22)18(2)3)25-16(21)13-7-5-4-6-12(13)15(19)20/h4-7,10-11,14H,8-9H2,1-3H3,(H,19,20)/t10-,11-,14+/m0/s1. The smallest absolute Gasteiger partial charge is 0.409 e. The molecule has 1 aromatic rings. The van der Waals surface area contributed by atoms with Gasteiger partial charge >= 0.3 is 18.0 Å². The van der Waals surface area contributed by atoms with Crippen LogP contribution in [0.3, 0.4) is 0 Å². The molecular weight excluding hydrogens is 330 g/mol. The lowest BCUT2D eigenvalue weighted by Gasteiger charge is -2.15. The predicted molar refractivity (Wildman–Crippen MR) is 86.6 cm³/mol. The third-order valence-electron chi connectivity index (χ3n) is 3.82. The van der Waals surface area contributed by atoms with Crippen LogP contribution in [-0.4, -0.2) is 67.1 Å². The maximum atomic E-state index is 12.3. The summed E-state index contributed by atoms with van der Waals surface area (Å²) in [6.45, 7) is 1.80. The maximum Gasteiger partial charge on any atom is 0.409 e. The van der Waals surface area contributed by atoms with Crippen LogP contribution < -0.4 is 0 Å². The minimum Gasteiger partial charge on any atom is -0.478 e. The van der Waals surface area contributed by atoms with Crippen LogP contribution in [0.4, 0.5) is 4.79 Å². The number of esters is 1. The highest BCUT2D eigenvalue weighted by atomic mass is 16.6. The number of carbonyl (C=O) groups is 3. The number of carboxylic acid groups (broad SMARTS) is 1. The first-order chi connectivity index (χ1) is 11.8. The first kappa shape index (κ1) is 18.7. The van der Waals surface area contributed by atoms with Crippen molar-refractivity contribution < 1.29 is 33.7 Å². The van der Waals surface area contributed by atoms with Crippen LogP contribution in [0, 0.1) is 0 Å². The Morgan fingerprint density at radius 2 is 1.88 bits per heavy atom. The van der Waals surface area contributed by atoms with E-state index in [4.69, 9.17) is 19.3 Å². The Hall–Kier alpha value is -2.61. The third kappa shape index (κ3) is 4.69.